The Kier molecular flexibility index (Phi) is 5.69. The quantitative estimate of drug-likeness (QED) is 0.656. The van der Waals surface area contributed by atoms with E-state index in [4.69, 9.17) is 18.0 Å². The first-order chi connectivity index (χ1) is 12.5. The summed E-state index contributed by atoms with van der Waals surface area (Å²) in [6, 6.07) is 15.6. The second-order valence-corrected chi connectivity index (χ2v) is 7.42. The van der Waals surface area contributed by atoms with E-state index in [9.17, 15) is 4.79 Å². The summed E-state index contributed by atoms with van der Waals surface area (Å²) in [5.41, 5.74) is 9.58. The van der Waals surface area contributed by atoms with Crippen LogP contribution in [0.15, 0.2) is 48.5 Å². The van der Waals surface area contributed by atoms with Gasteiger partial charge in [-0.25, -0.2) is 0 Å². The molecule has 4 nitrogen and oxygen atoms in total. The molecule has 5 heteroatoms. The Morgan fingerprint density at radius 2 is 1.73 bits per heavy atom. The molecule has 0 saturated carbocycles. The number of nitrogens with zero attached hydrogens (tertiary/aromatic N) is 2. The van der Waals surface area contributed by atoms with Crippen molar-refractivity contribution >= 4 is 34.5 Å². The molecule has 0 atom stereocenters. The van der Waals surface area contributed by atoms with Crippen LogP contribution >= 0.6 is 12.2 Å². The number of benzene rings is 2. The highest BCUT2D eigenvalue weighted by Gasteiger charge is 2.25. The molecule has 26 heavy (non-hydrogen) atoms. The molecule has 136 valence electrons. The molecule has 2 aromatic rings. The lowest BCUT2D eigenvalue weighted by Crippen LogP contribution is -2.34. The van der Waals surface area contributed by atoms with Gasteiger partial charge in [0.2, 0.25) is 0 Å². The molecule has 2 N–H and O–H groups in total. The highest BCUT2D eigenvalue weighted by Crippen LogP contribution is 2.28. The van der Waals surface area contributed by atoms with Gasteiger partial charge in [0.15, 0.2) is 10.9 Å². The highest BCUT2D eigenvalue weighted by molar-refractivity contribution is 7.80. The first-order valence-electron chi connectivity index (χ1n) is 8.95. The summed E-state index contributed by atoms with van der Waals surface area (Å²) in [4.78, 5) is 17.0. The van der Waals surface area contributed by atoms with Crippen molar-refractivity contribution in [2.24, 2.45) is 11.7 Å². The summed E-state index contributed by atoms with van der Waals surface area (Å²) >= 11 is 5.28. The smallest absolute Gasteiger partial charge is 0.175 e. The van der Waals surface area contributed by atoms with Crippen LogP contribution in [0.1, 0.15) is 28.8 Å². The number of aryl methyl sites for hydroxylation is 1. The van der Waals surface area contributed by atoms with Gasteiger partial charge in [0.05, 0.1) is 0 Å². The second-order valence-electron chi connectivity index (χ2n) is 7.00. The standard InChI is InChI=1S/C21H25N3OS/c1-15-5-3-7-18(13-15)24(21(22)26)19-8-4-6-17(14-19)20(25)16-9-11-23(2)12-10-16/h3-8,13-14,16H,9-12H2,1-2H3,(H2,22,26). The molecular weight excluding hydrogens is 342 g/mol. The number of nitrogens with two attached hydrogens (primary N) is 1. The van der Waals surface area contributed by atoms with E-state index in [-0.39, 0.29) is 16.8 Å². The molecule has 1 saturated heterocycles. The van der Waals surface area contributed by atoms with E-state index < -0.39 is 0 Å². The highest BCUT2D eigenvalue weighted by atomic mass is 32.1. The van der Waals surface area contributed by atoms with Crippen molar-refractivity contribution in [3.63, 3.8) is 0 Å². The number of anilines is 2. The average molecular weight is 368 g/mol. The first kappa shape index (κ1) is 18.5. The maximum absolute atomic E-state index is 12.9. The third kappa shape index (κ3) is 4.11. The molecule has 2 aromatic carbocycles. The number of ketones is 1. The largest absolute Gasteiger partial charge is 0.376 e. The van der Waals surface area contributed by atoms with E-state index in [1.807, 2.05) is 60.4 Å². The van der Waals surface area contributed by atoms with E-state index in [1.54, 1.807) is 0 Å². The zero-order valence-corrected chi connectivity index (χ0v) is 16.1. The van der Waals surface area contributed by atoms with Gasteiger partial charge in [0.1, 0.15) is 0 Å². The predicted octanol–water partition coefficient (Wildman–Crippen LogP) is 3.90. The van der Waals surface area contributed by atoms with Gasteiger partial charge in [-0.05, 0) is 81.9 Å². The number of piperidine rings is 1. The van der Waals surface area contributed by atoms with Crippen LogP contribution < -0.4 is 10.6 Å². The van der Waals surface area contributed by atoms with Crippen LogP contribution in [-0.2, 0) is 0 Å². The molecule has 3 rings (SSSR count). The summed E-state index contributed by atoms with van der Waals surface area (Å²) < 4.78 is 0. The fraction of sp³-hybridized carbons (Fsp3) is 0.333. The number of likely N-dealkylation sites (tertiary alicyclic amines) is 1. The van der Waals surface area contributed by atoms with Crippen LogP contribution in [0, 0.1) is 12.8 Å². The number of Topliss-reactive ketones (excluding diaryl/α,β-unsaturated/α-hetero) is 1. The summed E-state index contributed by atoms with van der Waals surface area (Å²) in [6.07, 6.45) is 1.83. The molecule has 1 fully saturated rings. The van der Waals surface area contributed by atoms with Gasteiger partial charge in [-0.1, -0.05) is 24.3 Å². The van der Waals surface area contributed by atoms with E-state index in [1.165, 1.54) is 0 Å². The van der Waals surface area contributed by atoms with Gasteiger partial charge in [0, 0.05) is 22.9 Å². The van der Waals surface area contributed by atoms with Gasteiger partial charge >= 0.3 is 0 Å². The minimum Gasteiger partial charge on any atom is -0.376 e. The first-order valence-corrected chi connectivity index (χ1v) is 9.35. The predicted molar refractivity (Wildman–Crippen MR) is 111 cm³/mol. The molecule has 1 aliphatic rings. The van der Waals surface area contributed by atoms with E-state index >= 15 is 0 Å². The van der Waals surface area contributed by atoms with E-state index in [0.29, 0.717) is 0 Å². The summed E-state index contributed by atoms with van der Waals surface area (Å²) in [7, 11) is 2.10. The van der Waals surface area contributed by atoms with E-state index in [0.717, 1.165) is 48.4 Å². The van der Waals surface area contributed by atoms with Crippen LogP contribution in [0.4, 0.5) is 11.4 Å². The molecule has 1 aliphatic heterocycles. The Balaban J connectivity index is 1.89. The lowest BCUT2D eigenvalue weighted by atomic mass is 9.89. The zero-order valence-electron chi connectivity index (χ0n) is 15.3. The molecule has 0 spiro atoms. The van der Waals surface area contributed by atoms with Crippen molar-refractivity contribution < 1.29 is 4.79 Å². The van der Waals surface area contributed by atoms with Crippen molar-refractivity contribution in [1.29, 1.82) is 0 Å². The fourth-order valence-electron chi connectivity index (χ4n) is 3.48. The van der Waals surface area contributed by atoms with Gasteiger partial charge in [-0.3, -0.25) is 9.69 Å². The zero-order chi connectivity index (χ0) is 18.7. The molecule has 0 amide bonds. The molecule has 0 bridgehead atoms. The Morgan fingerprint density at radius 1 is 1.12 bits per heavy atom. The Labute approximate surface area is 160 Å². The maximum atomic E-state index is 12.9. The van der Waals surface area contributed by atoms with Crippen LogP contribution in [0.3, 0.4) is 0 Å². The monoisotopic (exact) mass is 367 g/mol. The second kappa shape index (κ2) is 7.98. The van der Waals surface area contributed by atoms with Crippen LogP contribution in [-0.4, -0.2) is 35.9 Å². The molecule has 0 aliphatic carbocycles. The van der Waals surface area contributed by atoms with Gasteiger partial charge in [-0.15, -0.1) is 0 Å². The fourth-order valence-corrected chi connectivity index (χ4v) is 3.69. The number of carbonyl (C=O) groups excluding carboxylic acids is 1. The third-order valence-corrected chi connectivity index (χ3v) is 5.14. The van der Waals surface area contributed by atoms with Gasteiger partial charge in [0.25, 0.3) is 0 Å². The van der Waals surface area contributed by atoms with Crippen molar-refractivity contribution in [3.05, 3.63) is 59.7 Å². The SMILES string of the molecule is Cc1cccc(N(C(N)=S)c2cccc(C(=O)C3CCN(C)CC3)c2)c1. The lowest BCUT2D eigenvalue weighted by Gasteiger charge is -2.28. The van der Waals surface area contributed by atoms with Crippen molar-refractivity contribution in [2.45, 2.75) is 19.8 Å². The van der Waals surface area contributed by atoms with Crippen molar-refractivity contribution in [2.75, 3.05) is 25.0 Å². The summed E-state index contributed by atoms with van der Waals surface area (Å²) in [5, 5.41) is 0.263. The Morgan fingerprint density at radius 3 is 2.35 bits per heavy atom. The van der Waals surface area contributed by atoms with Crippen LogP contribution in [0.2, 0.25) is 0 Å². The van der Waals surface area contributed by atoms with Crippen molar-refractivity contribution in [3.8, 4) is 0 Å². The minimum atomic E-state index is 0.0960. The van der Waals surface area contributed by atoms with Gasteiger partial charge < -0.3 is 10.6 Å². The number of thiocarbonyl (C=S) groups is 1. The normalized spacial score (nSPS) is 15.6. The van der Waals surface area contributed by atoms with Crippen LogP contribution in [0.25, 0.3) is 0 Å². The third-order valence-electron chi connectivity index (χ3n) is 4.96. The topological polar surface area (TPSA) is 49.6 Å². The minimum absolute atomic E-state index is 0.0960. The molecule has 1 heterocycles. The lowest BCUT2D eigenvalue weighted by molar-refractivity contribution is 0.0857. The van der Waals surface area contributed by atoms with E-state index in [2.05, 4.69) is 11.9 Å². The molecule has 0 unspecified atom stereocenters. The Hall–Kier alpha value is -2.24. The maximum Gasteiger partial charge on any atom is 0.175 e. The number of carbonyl (C=O) groups is 1. The molecule has 0 aromatic heterocycles. The van der Waals surface area contributed by atoms with Crippen molar-refractivity contribution in [1.82, 2.24) is 4.90 Å². The number of hydrogen-bond donors (Lipinski definition) is 1. The molecule has 0 radical (unpaired) electrons. The van der Waals surface area contributed by atoms with Crippen LogP contribution in [0.5, 0.6) is 0 Å². The summed E-state index contributed by atoms with van der Waals surface area (Å²) in [5.74, 6) is 0.311. The number of hydrogen-bond acceptors (Lipinski definition) is 3. The Bertz CT molecular complexity index is 812. The average Bonchev–Trinajstić information content (AvgIpc) is 2.62. The summed E-state index contributed by atoms with van der Waals surface area (Å²) in [6.45, 7) is 3.97. The number of rotatable bonds is 4. The van der Waals surface area contributed by atoms with Gasteiger partial charge in [-0.2, -0.15) is 0 Å². The molecular formula is C21H25N3OS.